The fourth-order valence-corrected chi connectivity index (χ4v) is 4.29. The van der Waals surface area contributed by atoms with E-state index in [1.807, 2.05) is 30.3 Å². The zero-order chi connectivity index (χ0) is 19.4. The number of sulfonamides is 1. The zero-order valence-corrected chi connectivity index (χ0v) is 16.4. The van der Waals surface area contributed by atoms with Crippen molar-refractivity contribution in [1.29, 1.82) is 0 Å². The first kappa shape index (κ1) is 19.5. The van der Waals surface area contributed by atoms with Crippen LogP contribution in [0, 0.1) is 0 Å². The van der Waals surface area contributed by atoms with Crippen molar-refractivity contribution in [1.82, 2.24) is 4.31 Å². The molecule has 2 aromatic carbocycles. The minimum atomic E-state index is -3.61. The number of carbonyl (C=O) groups is 1. The first-order valence-electron chi connectivity index (χ1n) is 8.90. The third-order valence-electron chi connectivity index (χ3n) is 4.74. The number of anilines is 1. The average Bonchev–Trinajstić information content (AvgIpc) is 3.20. The smallest absolute Gasteiger partial charge is 0.258 e. The molecule has 1 aliphatic rings. The lowest BCUT2D eigenvalue weighted by Crippen LogP contribution is -2.34. The normalized spacial score (nSPS) is 17.2. The Morgan fingerprint density at radius 3 is 2.33 bits per heavy atom. The lowest BCUT2D eigenvalue weighted by molar-refractivity contribution is 0.0979. The molecule has 1 atom stereocenters. The summed E-state index contributed by atoms with van der Waals surface area (Å²) in [6.45, 7) is 1.02. The van der Waals surface area contributed by atoms with Crippen LogP contribution in [0.3, 0.4) is 0 Å². The van der Waals surface area contributed by atoms with E-state index < -0.39 is 10.0 Å². The predicted molar refractivity (Wildman–Crippen MR) is 104 cm³/mol. The SMILES string of the molecule is CN(C(=O)c1ccc(S(=O)(=O)N(C)C[C@@H]2CCCO2)cc1)c1ccccc1. The van der Waals surface area contributed by atoms with E-state index in [0.717, 1.165) is 18.5 Å². The molecule has 0 bridgehead atoms. The Morgan fingerprint density at radius 1 is 1.07 bits per heavy atom. The minimum absolute atomic E-state index is 0.0508. The summed E-state index contributed by atoms with van der Waals surface area (Å²) in [4.78, 5) is 14.3. The van der Waals surface area contributed by atoms with Crippen molar-refractivity contribution in [3.8, 4) is 0 Å². The van der Waals surface area contributed by atoms with Crippen LogP contribution in [-0.4, -0.2) is 52.0 Å². The Kier molecular flexibility index (Phi) is 5.94. The summed E-state index contributed by atoms with van der Waals surface area (Å²) in [6, 6.07) is 15.4. The Morgan fingerprint density at radius 2 is 1.74 bits per heavy atom. The van der Waals surface area contributed by atoms with Gasteiger partial charge in [-0.3, -0.25) is 4.79 Å². The third-order valence-corrected chi connectivity index (χ3v) is 6.58. The minimum Gasteiger partial charge on any atom is -0.377 e. The summed E-state index contributed by atoms with van der Waals surface area (Å²) in [5.41, 5.74) is 1.21. The zero-order valence-electron chi connectivity index (χ0n) is 15.5. The van der Waals surface area contributed by atoms with Gasteiger partial charge in [0, 0.05) is 38.5 Å². The number of para-hydroxylation sites is 1. The second-order valence-corrected chi connectivity index (χ2v) is 8.69. The van der Waals surface area contributed by atoms with Gasteiger partial charge in [-0.05, 0) is 49.2 Å². The second kappa shape index (κ2) is 8.21. The number of rotatable bonds is 6. The van der Waals surface area contributed by atoms with Gasteiger partial charge in [0.2, 0.25) is 10.0 Å². The van der Waals surface area contributed by atoms with Crippen molar-refractivity contribution < 1.29 is 17.9 Å². The standard InChI is InChI=1S/C20H24N2O4S/c1-21(15-18-9-6-14-26-18)27(24,25)19-12-10-16(11-13-19)20(23)22(2)17-7-4-3-5-8-17/h3-5,7-8,10-13,18H,6,9,14-15H2,1-2H3/t18-/m0/s1. The molecule has 27 heavy (non-hydrogen) atoms. The van der Waals surface area contributed by atoms with Crippen LogP contribution in [0.15, 0.2) is 59.5 Å². The van der Waals surface area contributed by atoms with Gasteiger partial charge in [-0.2, -0.15) is 4.31 Å². The molecule has 1 heterocycles. The molecule has 0 N–H and O–H groups in total. The van der Waals surface area contributed by atoms with Gasteiger partial charge in [-0.1, -0.05) is 18.2 Å². The van der Waals surface area contributed by atoms with Crippen molar-refractivity contribution in [2.24, 2.45) is 0 Å². The molecule has 0 spiro atoms. The van der Waals surface area contributed by atoms with Gasteiger partial charge in [-0.15, -0.1) is 0 Å². The third kappa shape index (κ3) is 4.37. The highest BCUT2D eigenvalue weighted by Gasteiger charge is 2.26. The highest BCUT2D eigenvalue weighted by atomic mass is 32.2. The molecule has 7 heteroatoms. The number of benzene rings is 2. The van der Waals surface area contributed by atoms with E-state index in [-0.39, 0.29) is 16.9 Å². The first-order valence-corrected chi connectivity index (χ1v) is 10.3. The molecule has 144 valence electrons. The van der Waals surface area contributed by atoms with Crippen LogP contribution in [0.2, 0.25) is 0 Å². The number of carbonyl (C=O) groups excluding carboxylic acids is 1. The number of likely N-dealkylation sites (N-methyl/N-ethyl adjacent to an activating group) is 1. The van der Waals surface area contributed by atoms with Crippen LogP contribution in [0.4, 0.5) is 5.69 Å². The summed E-state index contributed by atoms with van der Waals surface area (Å²) < 4.78 is 32.3. The lowest BCUT2D eigenvalue weighted by atomic mass is 10.2. The van der Waals surface area contributed by atoms with E-state index in [0.29, 0.717) is 18.7 Å². The monoisotopic (exact) mass is 388 g/mol. The van der Waals surface area contributed by atoms with Crippen molar-refractivity contribution >= 4 is 21.6 Å². The van der Waals surface area contributed by atoms with Crippen LogP contribution in [-0.2, 0) is 14.8 Å². The lowest BCUT2D eigenvalue weighted by Gasteiger charge is -2.21. The number of ether oxygens (including phenoxy) is 1. The number of hydrogen-bond donors (Lipinski definition) is 0. The molecule has 0 radical (unpaired) electrons. The van der Waals surface area contributed by atoms with Crippen molar-refractivity contribution in [2.45, 2.75) is 23.8 Å². The van der Waals surface area contributed by atoms with Crippen LogP contribution in [0.1, 0.15) is 23.2 Å². The van der Waals surface area contributed by atoms with Crippen molar-refractivity contribution in [3.05, 3.63) is 60.2 Å². The maximum Gasteiger partial charge on any atom is 0.258 e. The average molecular weight is 388 g/mol. The summed E-state index contributed by atoms with van der Waals surface area (Å²) in [6.07, 6.45) is 1.79. The van der Waals surface area contributed by atoms with Gasteiger partial charge in [0.05, 0.1) is 11.0 Å². The Balaban J connectivity index is 1.73. The molecule has 2 aromatic rings. The quantitative estimate of drug-likeness (QED) is 0.763. The van der Waals surface area contributed by atoms with Crippen LogP contribution in [0.25, 0.3) is 0 Å². The molecular formula is C20H24N2O4S. The fraction of sp³-hybridized carbons (Fsp3) is 0.350. The molecule has 3 rings (SSSR count). The summed E-state index contributed by atoms with van der Waals surface area (Å²) in [7, 11) is -0.366. The molecule has 1 amide bonds. The number of hydrogen-bond acceptors (Lipinski definition) is 4. The van der Waals surface area contributed by atoms with Gasteiger partial charge in [0.1, 0.15) is 0 Å². The van der Waals surface area contributed by atoms with Crippen molar-refractivity contribution in [2.75, 3.05) is 32.1 Å². The Bertz CT molecular complexity index is 876. The maximum atomic E-state index is 12.7. The van der Waals surface area contributed by atoms with Crippen LogP contribution in [0.5, 0.6) is 0 Å². The van der Waals surface area contributed by atoms with Gasteiger partial charge in [0.15, 0.2) is 0 Å². The number of nitrogens with zero attached hydrogens (tertiary/aromatic N) is 2. The molecule has 6 nitrogen and oxygen atoms in total. The van der Waals surface area contributed by atoms with Crippen LogP contribution >= 0.6 is 0 Å². The van der Waals surface area contributed by atoms with Crippen molar-refractivity contribution in [3.63, 3.8) is 0 Å². The molecule has 0 saturated carbocycles. The van der Waals surface area contributed by atoms with Gasteiger partial charge >= 0.3 is 0 Å². The Labute approximate surface area is 160 Å². The summed E-state index contributed by atoms with van der Waals surface area (Å²) in [5.74, 6) is -0.196. The largest absolute Gasteiger partial charge is 0.377 e. The van der Waals surface area contributed by atoms with Gasteiger partial charge in [0.25, 0.3) is 5.91 Å². The molecule has 0 unspecified atom stereocenters. The predicted octanol–water partition coefficient (Wildman–Crippen LogP) is 2.76. The van der Waals surface area contributed by atoms with E-state index in [1.165, 1.54) is 21.3 Å². The molecule has 1 fully saturated rings. The summed E-state index contributed by atoms with van der Waals surface area (Å²) in [5, 5.41) is 0. The highest BCUT2D eigenvalue weighted by Crippen LogP contribution is 2.20. The summed E-state index contributed by atoms with van der Waals surface area (Å²) >= 11 is 0. The highest BCUT2D eigenvalue weighted by molar-refractivity contribution is 7.89. The van der Waals surface area contributed by atoms with E-state index >= 15 is 0 Å². The van der Waals surface area contributed by atoms with E-state index in [1.54, 1.807) is 26.2 Å². The van der Waals surface area contributed by atoms with E-state index in [2.05, 4.69) is 0 Å². The van der Waals surface area contributed by atoms with E-state index in [4.69, 9.17) is 4.74 Å². The first-order chi connectivity index (χ1) is 12.9. The van der Waals surface area contributed by atoms with Gasteiger partial charge < -0.3 is 9.64 Å². The topological polar surface area (TPSA) is 66.9 Å². The Hall–Kier alpha value is -2.22. The molecule has 0 aliphatic carbocycles. The number of amides is 1. The fourth-order valence-electron chi connectivity index (χ4n) is 3.09. The van der Waals surface area contributed by atoms with E-state index in [9.17, 15) is 13.2 Å². The molecule has 1 saturated heterocycles. The molecule has 1 aliphatic heterocycles. The second-order valence-electron chi connectivity index (χ2n) is 6.64. The van der Waals surface area contributed by atoms with Crippen LogP contribution < -0.4 is 4.90 Å². The maximum absolute atomic E-state index is 12.7. The molecule has 0 aromatic heterocycles. The van der Waals surface area contributed by atoms with Gasteiger partial charge in [-0.25, -0.2) is 8.42 Å². The molecular weight excluding hydrogens is 364 g/mol.